The number of hydrogen-bond donors (Lipinski definition) is 2. The first kappa shape index (κ1) is 92.4. The van der Waals surface area contributed by atoms with Crippen LogP contribution in [0.3, 0.4) is 0 Å². The molecular formula is C78H170N2S. The van der Waals surface area contributed by atoms with E-state index in [1.165, 1.54) is 128 Å². The van der Waals surface area contributed by atoms with Crippen molar-refractivity contribution in [1.29, 1.82) is 0 Å². The second kappa shape index (κ2) is 59.2. The molecule has 3 heteroatoms. The highest BCUT2D eigenvalue weighted by atomic mass is 32.2. The van der Waals surface area contributed by atoms with E-state index in [-0.39, 0.29) is 0 Å². The summed E-state index contributed by atoms with van der Waals surface area (Å²) >= 11 is 2.12. The highest BCUT2D eigenvalue weighted by Crippen LogP contribution is 2.42. The summed E-state index contributed by atoms with van der Waals surface area (Å²) in [6, 6.07) is 0. The van der Waals surface area contributed by atoms with Gasteiger partial charge in [-0.3, -0.25) is 0 Å². The van der Waals surface area contributed by atoms with Crippen LogP contribution < -0.4 is 10.6 Å². The summed E-state index contributed by atoms with van der Waals surface area (Å²) in [5.41, 5.74) is 0. The molecule has 0 aromatic carbocycles. The van der Waals surface area contributed by atoms with Crippen LogP contribution in [-0.2, 0) is 0 Å². The Labute approximate surface area is 525 Å². The molecule has 3 heterocycles. The molecule has 2 N–H and O–H groups in total. The quantitative estimate of drug-likeness (QED) is 0.202. The average Bonchev–Trinajstić information content (AvgIpc) is 4.08. The number of rotatable bonds is 11. The molecular weight excluding hydrogens is 997 g/mol. The van der Waals surface area contributed by atoms with Gasteiger partial charge in [-0.1, -0.05) is 281 Å². The molecule has 0 aromatic rings. The van der Waals surface area contributed by atoms with E-state index in [4.69, 9.17) is 0 Å². The Morgan fingerprint density at radius 1 is 0.235 bits per heavy atom. The van der Waals surface area contributed by atoms with Crippen LogP contribution in [0.5, 0.6) is 0 Å². The molecule has 3 aliphatic carbocycles. The maximum absolute atomic E-state index is 3.50. The lowest BCUT2D eigenvalue weighted by Gasteiger charge is -2.37. The standard InChI is InChI=1S/C13H26.C12H24.2C11H23N.C11H22.C8H16S.6C2H6/c1-10(2)12-8-6-5-7-9-13(12)11(3)4;1-9(2)11-7-5-6-8-12(11)10(3)4;2*1-8(2)10-5-6-12-7-11(10)9(3)4;1-8(2)10-6-5-7-11(10)9(3)4;1-6(2)8-5-9-4-7(8)3;6*1-2/h10-13H,5-9H2,1-4H3;9-12H,5-8H2,1-4H3;2*8-12H,5-7H2,1-4H3;8-11H,5-7H2,1-4H3;6-8H,4-5H2,1-3H3;6*1-2H3. The van der Waals surface area contributed by atoms with Crippen molar-refractivity contribution in [3.05, 3.63) is 0 Å². The van der Waals surface area contributed by atoms with Crippen molar-refractivity contribution < 1.29 is 0 Å². The fourth-order valence-corrected chi connectivity index (χ4v) is 16.7. The van der Waals surface area contributed by atoms with Gasteiger partial charge in [-0.2, -0.15) is 11.8 Å². The first-order valence-electron chi connectivity index (χ1n) is 37.3. The molecule has 6 fully saturated rings. The van der Waals surface area contributed by atoms with Crippen LogP contribution in [0.15, 0.2) is 0 Å². The molecule has 6 rings (SSSR count). The van der Waals surface area contributed by atoms with Crippen LogP contribution in [0.25, 0.3) is 0 Å². The summed E-state index contributed by atoms with van der Waals surface area (Å²) in [7, 11) is 0. The van der Waals surface area contributed by atoms with Crippen LogP contribution in [0.1, 0.15) is 332 Å². The predicted octanol–water partition coefficient (Wildman–Crippen LogP) is 26.2. The van der Waals surface area contributed by atoms with Crippen molar-refractivity contribution in [2.24, 2.45) is 136 Å². The van der Waals surface area contributed by atoms with Gasteiger partial charge in [0.1, 0.15) is 0 Å². The van der Waals surface area contributed by atoms with E-state index >= 15 is 0 Å². The lowest BCUT2D eigenvalue weighted by atomic mass is 9.69. The first-order valence-corrected chi connectivity index (χ1v) is 38.5. The summed E-state index contributed by atoms with van der Waals surface area (Å²) in [6.45, 7) is 83.6. The molecule has 3 saturated heterocycles. The van der Waals surface area contributed by atoms with Crippen LogP contribution in [0.2, 0.25) is 0 Å². The van der Waals surface area contributed by atoms with Crippen molar-refractivity contribution in [1.82, 2.24) is 10.6 Å². The molecule has 2 nitrogen and oxygen atoms in total. The van der Waals surface area contributed by atoms with E-state index in [0.717, 1.165) is 136 Å². The zero-order chi connectivity index (χ0) is 64.5. The molecule has 0 aromatic heterocycles. The van der Waals surface area contributed by atoms with Crippen LogP contribution in [0, 0.1) is 136 Å². The molecule has 81 heavy (non-hydrogen) atoms. The van der Waals surface area contributed by atoms with Crippen LogP contribution >= 0.6 is 11.8 Å². The molecule has 0 spiro atoms. The van der Waals surface area contributed by atoms with Gasteiger partial charge in [0.05, 0.1) is 0 Å². The summed E-state index contributed by atoms with van der Waals surface area (Å²) in [5, 5.41) is 7.00. The van der Waals surface area contributed by atoms with Gasteiger partial charge in [0.25, 0.3) is 0 Å². The average molecular weight is 1170 g/mol. The topological polar surface area (TPSA) is 24.1 Å². The van der Waals surface area contributed by atoms with Gasteiger partial charge in [0, 0.05) is 0 Å². The largest absolute Gasteiger partial charge is 0.316 e. The number of hydrogen-bond acceptors (Lipinski definition) is 3. The van der Waals surface area contributed by atoms with Crippen molar-refractivity contribution in [2.45, 2.75) is 332 Å². The van der Waals surface area contributed by atoms with E-state index in [9.17, 15) is 0 Å². The monoisotopic (exact) mass is 1170 g/mol. The highest BCUT2D eigenvalue weighted by molar-refractivity contribution is 7.99. The Bertz CT molecular complexity index is 1050. The van der Waals surface area contributed by atoms with Gasteiger partial charge < -0.3 is 10.6 Å². The summed E-state index contributed by atoms with van der Waals surface area (Å²) in [6.07, 6.45) is 20.5. The third-order valence-electron chi connectivity index (χ3n) is 19.6. The third kappa shape index (κ3) is 41.2. The number of nitrogens with one attached hydrogen (secondary N) is 2. The minimum Gasteiger partial charge on any atom is -0.316 e. The fourth-order valence-electron chi connectivity index (χ4n) is 15.0. The fraction of sp³-hybridized carbons (Fsp3) is 1.00. The van der Waals surface area contributed by atoms with E-state index in [1.54, 1.807) is 0 Å². The SMILES string of the molecule is CC.CC.CC.CC.CC.CC.CC(C)C1CCCC1C(C)C.CC(C)C1CCCCC1C(C)C.CC(C)C1CCCCCC1C(C)C.CC(C)C1CCNCC1C(C)C.CC(C)C1CCNCC1C(C)C.CC(C)C1CSCC1C. The van der Waals surface area contributed by atoms with Gasteiger partial charge in [-0.25, -0.2) is 0 Å². The smallest absolute Gasteiger partial charge is 0.00153 e. The Balaban J connectivity index is -0.000000201. The molecule has 3 aliphatic heterocycles. The number of piperidine rings is 2. The normalized spacial score (nSPS) is 27.8. The Morgan fingerprint density at radius 3 is 0.605 bits per heavy atom. The second-order valence-electron chi connectivity index (χ2n) is 28.3. The van der Waals surface area contributed by atoms with Crippen molar-refractivity contribution in [2.75, 3.05) is 37.7 Å². The molecule has 498 valence electrons. The maximum atomic E-state index is 3.50. The zero-order valence-electron chi connectivity index (χ0n) is 63.8. The molecule has 12 atom stereocenters. The van der Waals surface area contributed by atoms with Crippen LogP contribution in [-0.4, -0.2) is 37.7 Å². The Hall–Kier alpha value is 0.270. The Morgan fingerprint density at radius 2 is 0.432 bits per heavy atom. The van der Waals surface area contributed by atoms with Gasteiger partial charge in [0.15, 0.2) is 0 Å². The molecule has 3 saturated carbocycles. The van der Waals surface area contributed by atoms with Gasteiger partial charge in [-0.15, -0.1) is 0 Å². The van der Waals surface area contributed by atoms with E-state index < -0.39 is 0 Å². The van der Waals surface area contributed by atoms with E-state index in [1.807, 2.05) is 83.1 Å². The predicted molar refractivity (Wildman–Crippen MR) is 387 cm³/mol. The van der Waals surface area contributed by atoms with Crippen LogP contribution in [0.4, 0.5) is 0 Å². The van der Waals surface area contributed by atoms with Crippen molar-refractivity contribution in [3.8, 4) is 0 Å². The van der Waals surface area contributed by atoms with Crippen molar-refractivity contribution >= 4 is 11.8 Å². The maximum Gasteiger partial charge on any atom is -0.00153 e. The van der Waals surface area contributed by atoms with E-state index in [0.29, 0.717) is 0 Å². The first-order chi connectivity index (χ1) is 38.3. The van der Waals surface area contributed by atoms with Gasteiger partial charge in [-0.05, 0) is 225 Å². The number of thioether (sulfide) groups is 1. The lowest BCUT2D eigenvalue weighted by molar-refractivity contribution is 0.136. The lowest BCUT2D eigenvalue weighted by Crippen LogP contribution is -2.41. The second-order valence-corrected chi connectivity index (χ2v) is 29.4. The third-order valence-corrected chi connectivity index (χ3v) is 21.0. The van der Waals surface area contributed by atoms with Gasteiger partial charge >= 0.3 is 0 Å². The molecule has 0 radical (unpaired) electrons. The highest BCUT2D eigenvalue weighted by Gasteiger charge is 2.33. The summed E-state index contributed by atoms with van der Waals surface area (Å²) in [4.78, 5) is 0. The van der Waals surface area contributed by atoms with Gasteiger partial charge in [0.2, 0.25) is 0 Å². The zero-order valence-corrected chi connectivity index (χ0v) is 64.6. The molecule has 0 amide bonds. The van der Waals surface area contributed by atoms with Crippen molar-refractivity contribution in [3.63, 3.8) is 0 Å². The summed E-state index contributed by atoms with van der Waals surface area (Å²) < 4.78 is 0. The Kier molecular flexibility index (Phi) is 67.6. The minimum absolute atomic E-state index is 0.838. The summed E-state index contributed by atoms with van der Waals surface area (Å²) in [5.74, 6) is 24.2. The molecule has 12 unspecified atom stereocenters. The molecule has 6 aliphatic rings. The molecule has 0 bridgehead atoms. The van der Waals surface area contributed by atoms with E-state index in [2.05, 4.69) is 182 Å². The minimum atomic E-state index is 0.838.